The number of aromatic nitrogens is 2. The van der Waals surface area contributed by atoms with Crippen LogP contribution in [0.1, 0.15) is 12.8 Å². The molecule has 0 saturated heterocycles. The zero-order chi connectivity index (χ0) is 14.8. The fourth-order valence-electron chi connectivity index (χ4n) is 2.57. The fraction of sp³-hybridized carbons (Fsp3) is 0.250. The van der Waals surface area contributed by atoms with Crippen molar-refractivity contribution in [1.82, 2.24) is 8.97 Å². The Labute approximate surface area is 126 Å². The average molecular weight is 303 g/mol. The number of unbranched alkanes of at least 4 members (excludes halogenated alkanes) is 1. The predicted octanol–water partition coefficient (Wildman–Crippen LogP) is 2.63. The summed E-state index contributed by atoms with van der Waals surface area (Å²) in [6, 6.07) is 10.8. The molecule has 0 fully saturated rings. The summed E-state index contributed by atoms with van der Waals surface area (Å²) < 4.78 is 3.10. The zero-order valence-electron chi connectivity index (χ0n) is 11.5. The van der Waals surface area contributed by atoms with Gasteiger partial charge in [-0.3, -0.25) is 14.2 Å². The maximum absolute atomic E-state index is 12.7. The predicted molar refractivity (Wildman–Crippen MR) is 85.4 cm³/mol. The average Bonchev–Trinajstić information content (AvgIpc) is 2.97. The fourth-order valence-corrected chi connectivity index (χ4v) is 2.76. The molecule has 0 unspecified atom stereocenters. The van der Waals surface area contributed by atoms with E-state index in [-0.39, 0.29) is 11.1 Å². The molecule has 3 aromatic rings. The van der Waals surface area contributed by atoms with Crippen LogP contribution in [0.2, 0.25) is 0 Å². The van der Waals surface area contributed by atoms with Crippen molar-refractivity contribution in [3.05, 3.63) is 63.3 Å². The zero-order valence-corrected chi connectivity index (χ0v) is 12.2. The molecule has 21 heavy (non-hydrogen) atoms. The molecule has 2 aromatic heterocycles. The third-order valence-electron chi connectivity index (χ3n) is 3.62. The lowest BCUT2D eigenvalue weighted by Crippen LogP contribution is -2.30. The summed E-state index contributed by atoms with van der Waals surface area (Å²) in [6.07, 6.45) is 3.30. The Hall–Kier alpha value is -2.07. The Bertz CT molecular complexity index is 911. The van der Waals surface area contributed by atoms with Crippen molar-refractivity contribution in [3.8, 4) is 0 Å². The van der Waals surface area contributed by atoms with E-state index in [0.717, 1.165) is 11.9 Å². The van der Waals surface area contributed by atoms with Gasteiger partial charge < -0.3 is 4.40 Å². The highest BCUT2D eigenvalue weighted by Crippen LogP contribution is 2.10. The molecular weight excluding hydrogens is 288 g/mol. The van der Waals surface area contributed by atoms with Crippen molar-refractivity contribution in [2.75, 3.05) is 5.88 Å². The largest absolute Gasteiger partial charge is 0.312 e. The van der Waals surface area contributed by atoms with Gasteiger partial charge in [0.05, 0.1) is 10.9 Å². The van der Waals surface area contributed by atoms with Gasteiger partial charge in [0.25, 0.3) is 11.1 Å². The highest BCUT2D eigenvalue weighted by molar-refractivity contribution is 6.17. The molecule has 0 N–H and O–H groups in total. The van der Waals surface area contributed by atoms with Crippen molar-refractivity contribution in [3.63, 3.8) is 0 Å². The first-order valence-electron chi connectivity index (χ1n) is 6.93. The van der Waals surface area contributed by atoms with Crippen LogP contribution >= 0.6 is 11.6 Å². The van der Waals surface area contributed by atoms with Crippen LogP contribution in [0.25, 0.3) is 16.4 Å². The Balaban J connectivity index is 2.40. The summed E-state index contributed by atoms with van der Waals surface area (Å²) in [5.41, 5.74) is 0.763. The molecule has 0 saturated carbocycles. The maximum atomic E-state index is 12.7. The van der Waals surface area contributed by atoms with Crippen molar-refractivity contribution in [2.24, 2.45) is 0 Å². The molecule has 0 atom stereocenters. The first kappa shape index (κ1) is 13.9. The van der Waals surface area contributed by atoms with Crippen molar-refractivity contribution in [1.29, 1.82) is 0 Å². The van der Waals surface area contributed by atoms with E-state index in [4.69, 9.17) is 11.6 Å². The van der Waals surface area contributed by atoms with Gasteiger partial charge in [0.1, 0.15) is 5.52 Å². The first-order chi connectivity index (χ1) is 10.2. The van der Waals surface area contributed by atoms with E-state index in [1.807, 2.05) is 30.5 Å². The number of halogens is 1. The van der Waals surface area contributed by atoms with Crippen LogP contribution in [0.15, 0.2) is 52.2 Å². The quantitative estimate of drug-likeness (QED) is 0.549. The van der Waals surface area contributed by atoms with E-state index < -0.39 is 0 Å². The molecule has 5 heteroatoms. The second kappa shape index (κ2) is 5.74. The molecule has 2 heterocycles. The summed E-state index contributed by atoms with van der Waals surface area (Å²) in [5, 5.41) is 0.548. The molecule has 0 aliphatic rings. The van der Waals surface area contributed by atoms with Crippen molar-refractivity contribution >= 4 is 28.0 Å². The summed E-state index contributed by atoms with van der Waals surface area (Å²) in [6.45, 7) is 0.393. The number of alkyl halides is 1. The van der Waals surface area contributed by atoms with E-state index >= 15 is 0 Å². The number of rotatable bonds is 4. The molecule has 0 radical (unpaired) electrons. The standard InChI is InChI=1S/C16H15ClN2O2/c17-9-3-4-10-19-15(20)12-6-1-2-7-13(12)18-11-5-8-14(18)16(19)21/h1-2,5-8,11H,3-4,9-10H2. The van der Waals surface area contributed by atoms with Crippen LogP contribution in [-0.4, -0.2) is 14.8 Å². The van der Waals surface area contributed by atoms with E-state index in [1.165, 1.54) is 4.57 Å². The lowest BCUT2D eigenvalue weighted by molar-refractivity contribution is 0.607. The van der Waals surface area contributed by atoms with Gasteiger partial charge in [-0.15, -0.1) is 11.6 Å². The van der Waals surface area contributed by atoms with Crippen LogP contribution in [0.4, 0.5) is 0 Å². The van der Waals surface area contributed by atoms with E-state index in [1.54, 1.807) is 16.5 Å². The Kier molecular flexibility index (Phi) is 3.80. The van der Waals surface area contributed by atoms with E-state index in [9.17, 15) is 9.59 Å². The van der Waals surface area contributed by atoms with Gasteiger partial charge in [0.15, 0.2) is 0 Å². The van der Waals surface area contributed by atoms with Crippen LogP contribution < -0.4 is 11.1 Å². The lowest BCUT2D eigenvalue weighted by atomic mass is 10.2. The topological polar surface area (TPSA) is 43.5 Å². The highest BCUT2D eigenvalue weighted by atomic mass is 35.5. The number of para-hydroxylation sites is 1. The molecule has 3 rings (SSSR count). The second-order valence-corrected chi connectivity index (χ2v) is 5.32. The molecule has 0 aliphatic heterocycles. The monoisotopic (exact) mass is 302 g/mol. The molecule has 0 spiro atoms. The number of hydrogen-bond acceptors (Lipinski definition) is 2. The third kappa shape index (κ3) is 2.36. The Morgan fingerprint density at radius 2 is 1.67 bits per heavy atom. The molecule has 0 bridgehead atoms. The van der Waals surface area contributed by atoms with Gasteiger partial charge in [-0.1, -0.05) is 12.1 Å². The van der Waals surface area contributed by atoms with Crippen molar-refractivity contribution in [2.45, 2.75) is 19.4 Å². The van der Waals surface area contributed by atoms with E-state index in [0.29, 0.717) is 29.7 Å². The summed E-state index contributed by atoms with van der Waals surface area (Å²) in [7, 11) is 0. The van der Waals surface area contributed by atoms with E-state index in [2.05, 4.69) is 0 Å². The smallest absolute Gasteiger partial charge is 0.277 e. The van der Waals surface area contributed by atoms with Gasteiger partial charge >= 0.3 is 0 Å². The Morgan fingerprint density at radius 1 is 0.905 bits per heavy atom. The first-order valence-corrected chi connectivity index (χ1v) is 7.46. The minimum atomic E-state index is -0.254. The summed E-state index contributed by atoms with van der Waals surface area (Å²) >= 11 is 5.68. The second-order valence-electron chi connectivity index (χ2n) is 4.94. The van der Waals surface area contributed by atoms with Gasteiger partial charge in [-0.2, -0.15) is 0 Å². The molecule has 0 aliphatic carbocycles. The van der Waals surface area contributed by atoms with Crippen LogP contribution in [0.3, 0.4) is 0 Å². The van der Waals surface area contributed by atoms with Crippen LogP contribution in [0.5, 0.6) is 0 Å². The summed E-state index contributed by atoms with van der Waals surface area (Å²) in [5.74, 6) is 0.531. The normalized spacial score (nSPS) is 11.3. The molecule has 4 nitrogen and oxygen atoms in total. The minimum Gasteiger partial charge on any atom is -0.312 e. The van der Waals surface area contributed by atoms with Gasteiger partial charge in [0, 0.05) is 18.6 Å². The van der Waals surface area contributed by atoms with Crippen LogP contribution in [-0.2, 0) is 6.54 Å². The number of fused-ring (bicyclic) bond motifs is 3. The van der Waals surface area contributed by atoms with Crippen molar-refractivity contribution < 1.29 is 0 Å². The maximum Gasteiger partial charge on any atom is 0.277 e. The number of hydrogen-bond donors (Lipinski definition) is 0. The van der Waals surface area contributed by atoms with Gasteiger partial charge in [-0.25, -0.2) is 0 Å². The number of benzene rings is 1. The minimum absolute atomic E-state index is 0.242. The molecule has 0 amide bonds. The highest BCUT2D eigenvalue weighted by Gasteiger charge is 2.09. The summed E-state index contributed by atoms with van der Waals surface area (Å²) in [4.78, 5) is 25.3. The third-order valence-corrected chi connectivity index (χ3v) is 3.88. The Morgan fingerprint density at radius 3 is 2.48 bits per heavy atom. The molecule has 108 valence electrons. The molecule has 1 aromatic carbocycles. The van der Waals surface area contributed by atoms with Gasteiger partial charge in [-0.05, 0) is 37.1 Å². The molecular formula is C16H15ClN2O2. The van der Waals surface area contributed by atoms with Crippen LogP contribution in [0, 0.1) is 0 Å². The lowest BCUT2D eigenvalue weighted by Gasteiger charge is -2.00. The SMILES string of the molecule is O=c1c2ccccc2n2cccc2c(=O)n1CCCCCl. The van der Waals surface area contributed by atoms with Gasteiger partial charge in [0.2, 0.25) is 0 Å². The number of nitrogens with zero attached hydrogens (tertiary/aromatic N) is 2.